The minimum absolute atomic E-state index is 0.171. The summed E-state index contributed by atoms with van der Waals surface area (Å²) in [7, 11) is 0. The third-order valence-electron chi connectivity index (χ3n) is 3.04. The first kappa shape index (κ1) is 11.7. The van der Waals surface area contributed by atoms with Crippen molar-refractivity contribution in [3.63, 3.8) is 0 Å². The normalized spacial score (nSPS) is 15.4. The van der Waals surface area contributed by atoms with Crippen molar-refractivity contribution in [3.05, 3.63) is 36.9 Å². The Morgan fingerprint density at radius 1 is 1.18 bits per heavy atom. The van der Waals surface area contributed by atoms with Crippen molar-refractivity contribution in [2.24, 2.45) is 0 Å². The molecule has 1 aliphatic rings. The van der Waals surface area contributed by atoms with Crippen molar-refractivity contribution in [3.8, 4) is 0 Å². The summed E-state index contributed by atoms with van der Waals surface area (Å²) in [6, 6.07) is 7.99. The number of hydrogen-bond donors (Lipinski definition) is 1. The summed E-state index contributed by atoms with van der Waals surface area (Å²) in [6.45, 7) is 5.70. The predicted molar refractivity (Wildman–Crippen MR) is 71.3 cm³/mol. The number of amides is 1. The van der Waals surface area contributed by atoms with Crippen LogP contribution in [0.3, 0.4) is 0 Å². The van der Waals surface area contributed by atoms with Gasteiger partial charge in [-0.15, -0.1) is 0 Å². The fraction of sp³-hybridized carbons (Fsp3) is 0.357. The van der Waals surface area contributed by atoms with Gasteiger partial charge >= 0.3 is 0 Å². The highest BCUT2D eigenvalue weighted by Crippen LogP contribution is 2.21. The lowest BCUT2D eigenvalue weighted by atomic mass is 10.1. The number of piperidine rings is 1. The van der Waals surface area contributed by atoms with Crippen molar-refractivity contribution in [1.29, 1.82) is 0 Å². The van der Waals surface area contributed by atoms with Gasteiger partial charge in [-0.3, -0.25) is 4.79 Å². The number of nitrogens with zero attached hydrogens (tertiary/aromatic N) is 1. The summed E-state index contributed by atoms with van der Waals surface area (Å²) in [5.41, 5.74) is 2.05. The molecule has 2 rings (SSSR count). The molecule has 1 amide bonds. The van der Waals surface area contributed by atoms with E-state index in [2.05, 4.69) is 28.9 Å². The van der Waals surface area contributed by atoms with Crippen LogP contribution in [-0.2, 0) is 4.79 Å². The summed E-state index contributed by atoms with van der Waals surface area (Å²) >= 11 is 0. The van der Waals surface area contributed by atoms with Gasteiger partial charge in [-0.1, -0.05) is 6.58 Å². The first-order chi connectivity index (χ1) is 8.29. The number of hydrogen-bond acceptors (Lipinski definition) is 2. The standard InChI is InChI=1S/C14H18N2O/c1-2-14(17)15-12-6-8-13(9-7-12)16-10-4-3-5-11-16/h2,6-9H,1,3-5,10-11H2,(H,15,17). The zero-order valence-corrected chi connectivity index (χ0v) is 9.98. The molecule has 1 aliphatic heterocycles. The van der Waals surface area contributed by atoms with Crippen molar-refractivity contribution in [2.75, 3.05) is 23.3 Å². The number of benzene rings is 1. The maximum atomic E-state index is 11.1. The van der Waals surface area contributed by atoms with Gasteiger partial charge in [0, 0.05) is 24.5 Å². The number of anilines is 2. The molecule has 0 bridgehead atoms. The molecule has 1 aromatic carbocycles. The Hall–Kier alpha value is -1.77. The molecule has 1 aromatic rings. The Balaban J connectivity index is 2.01. The van der Waals surface area contributed by atoms with Gasteiger partial charge in [0.25, 0.3) is 0 Å². The van der Waals surface area contributed by atoms with Crippen LogP contribution in [0.5, 0.6) is 0 Å². The molecule has 0 radical (unpaired) electrons. The van der Waals surface area contributed by atoms with Crippen LogP contribution in [0.1, 0.15) is 19.3 Å². The van der Waals surface area contributed by atoms with Crippen LogP contribution in [0.15, 0.2) is 36.9 Å². The average molecular weight is 230 g/mol. The molecule has 90 valence electrons. The van der Waals surface area contributed by atoms with E-state index in [1.807, 2.05) is 12.1 Å². The van der Waals surface area contributed by atoms with E-state index in [0.717, 1.165) is 18.8 Å². The second-order valence-corrected chi connectivity index (χ2v) is 4.29. The van der Waals surface area contributed by atoms with E-state index in [1.165, 1.54) is 31.0 Å². The summed E-state index contributed by atoms with van der Waals surface area (Å²) in [6.07, 6.45) is 5.16. The molecule has 3 nitrogen and oxygen atoms in total. The Morgan fingerprint density at radius 2 is 1.82 bits per heavy atom. The molecular formula is C14H18N2O. The maximum Gasteiger partial charge on any atom is 0.247 e. The van der Waals surface area contributed by atoms with Gasteiger partial charge in [0.1, 0.15) is 0 Å². The Morgan fingerprint density at radius 3 is 2.41 bits per heavy atom. The monoisotopic (exact) mass is 230 g/mol. The van der Waals surface area contributed by atoms with E-state index >= 15 is 0 Å². The van der Waals surface area contributed by atoms with Crippen LogP contribution in [0.25, 0.3) is 0 Å². The van der Waals surface area contributed by atoms with E-state index in [0.29, 0.717) is 0 Å². The molecular weight excluding hydrogens is 212 g/mol. The number of carbonyl (C=O) groups excluding carboxylic acids is 1. The Bertz CT molecular complexity index is 391. The van der Waals surface area contributed by atoms with Gasteiger partial charge in [0.15, 0.2) is 0 Å². The number of nitrogens with one attached hydrogen (secondary N) is 1. The summed E-state index contributed by atoms with van der Waals surface area (Å²) in [5, 5.41) is 2.75. The van der Waals surface area contributed by atoms with Crippen LogP contribution in [0.2, 0.25) is 0 Å². The smallest absolute Gasteiger partial charge is 0.247 e. The van der Waals surface area contributed by atoms with Crippen LogP contribution in [0, 0.1) is 0 Å². The average Bonchev–Trinajstić information content (AvgIpc) is 2.40. The lowest BCUT2D eigenvalue weighted by molar-refractivity contribution is -0.111. The topological polar surface area (TPSA) is 32.3 Å². The highest BCUT2D eigenvalue weighted by Gasteiger charge is 2.10. The van der Waals surface area contributed by atoms with Gasteiger partial charge in [0.05, 0.1) is 0 Å². The van der Waals surface area contributed by atoms with Crippen LogP contribution < -0.4 is 10.2 Å². The van der Waals surface area contributed by atoms with Gasteiger partial charge < -0.3 is 10.2 Å². The fourth-order valence-electron chi connectivity index (χ4n) is 2.10. The van der Waals surface area contributed by atoms with E-state index in [4.69, 9.17) is 0 Å². The lowest BCUT2D eigenvalue weighted by Crippen LogP contribution is -2.29. The van der Waals surface area contributed by atoms with E-state index in [1.54, 1.807) is 0 Å². The molecule has 1 fully saturated rings. The largest absolute Gasteiger partial charge is 0.372 e. The molecule has 1 N–H and O–H groups in total. The fourth-order valence-corrected chi connectivity index (χ4v) is 2.10. The molecule has 0 atom stereocenters. The van der Waals surface area contributed by atoms with Gasteiger partial charge in [-0.05, 0) is 49.6 Å². The minimum atomic E-state index is -0.171. The first-order valence-corrected chi connectivity index (χ1v) is 6.08. The van der Waals surface area contributed by atoms with E-state index < -0.39 is 0 Å². The van der Waals surface area contributed by atoms with Crippen molar-refractivity contribution in [1.82, 2.24) is 0 Å². The van der Waals surface area contributed by atoms with Crippen LogP contribution >= 0.6 is 0 Å². The van der Waals surface area contributed by atoms with Crippen molar-refractivity contribution in [2.45, 2.75) is 19.3 Å². The molecule has 0 saturated carbocycles. The van der Waals surface area contributed by atoms with Gasteiger partial charge in [-0.2, -0.15) is 0 Å². The minimum Gasteiger partial charge on any atom is -0.372 e. The van der Waals surface area contributed by atoms with E-state index in [9.17, 15) is 4.79 Å². The number of carbonyl (C=O) groups is 1. The van der Waals surface area contributed by atoms with Gasteiger partial charge in [-0.25, -0.2) is 0 Å². The highest BCUT2D eigenvalue weighted by atomic mass is 16.1. The SMILES string of the molecule is C=CC(=O)Nc1ccc(N2CCCCC2)cc1. The molecule has 1 saturated heterocycles. The second kappa shape index (κ2) is 5.53. The van der Waals surface area contributed by atoms with Crippen LogP contribution in [0.4, 0.5) is 11.4 Å². The van der Waals surface area contributed by atoms with Crippen molar-refractivity contribution < 1.29 is 4.79 Å². The van der Waals surface area contributed by atoms with Gasteiger partial charge in [0.2, 0.25) is 5.91 Å². The zero-order valence-electron chi connectivity index (χ0n) is 9.98. The third kappa shape index (κ3) is 3.09. The zero-order chi connectivity index (χ0) is 12.1. The molecule has 0 unspecified atom stereocenters. The summed E-state index contributed by atoms with van der Waals surface area (Å²) in [4.78, 5) is 13.5. The Labute approximate surface area is 102 Å². The maximum absolute atomic E-state index is 11.1. The lowest BCUT2D eigenvalue weighted by Gasteiger charge is -2.28. The Kier molecular flexibility index (Phi) is 3.81. The van der Waals surface area contributed by atoms with Crippen LogP contribution in [-0.4, -0.2) is 19.0 Å². The predicted octanol–water partition coefficient (Wildman–Crippen LogP) is 2.80. The molecule has 3 heteroatoms. The molecule has 0 aliphatic carbocycles. The number of rotatable bonds is 3. The summed E-state index contributed by atoms with van der Waals surface area (Å²) < 4.78 is 0. The highest BCUT2D eigenvalue weighted by molar-refractivity contribution is 5.98. The molecule has 1 heterocycles. The molecule has 0 spiro atoms. The quantitative estimate of drug-likeness (QED) is 0.810. The second-order valence-electron chi connectivity index (χ2n) is 4.29. The summed E-state index contributed by atoms with van der Waals surface area (Å²) in [5.74, 6) is -0.171. The van der Waals surface area contributed by atoms with E-state index in [-0.39, 0.29) is 5.91 Å². The van der Waals surface area contributed by atoms with Crippen molar-refractivity contribution >= 4 is 17.3 Å². The third-order valence-corrected chi connectivity index (χ3v) is 3.04. The molecule has 0 aromatic heterocycles. The molecule has 17 heavy (non-hydrogen) atoms. The first-order valence-electron chi connectivity index (χ1n) is 6.08.